The summed E-state index contributed by atoms with van der Waals surface area (Å²) in [6.45, 7) is 4.10. The molecule has 1 unspecified atom stereocenters. The van der Waals surface area contributed by atoms with Crippen molar-refractivity contribution in [2.24, 2.45) is 5.73 Å². The minimum atomic E-state index is 0.203. The predicted molar refractivity (Wildman–Crippen MR) is 79.4 cm³/mol. The van der Waals surface area contributed by atoms with E-state index >= 15 is 0 Å². The van der Waals surface area contributed by atoms with Crippen molar-refractivity contribution in [3.8, 4) is 11.5 Å². The number of halogens is 1. The predicted octanol–water partition coefficient (Wildman–Crippen LogP) is 2.94. The van der Waals surface area contributed by atoms with E-state index in [1.165, 1.54) is 12.8 Å². The summed E-state index contributed by atoms with van der Waals surface area (Å²) in [5, 5.41) is 0.612. The number of hydrogen-bond donors (Lipinski definition) is 1. The number of rotatable bonds is 6. The summed E-state index contributed by atoms with van der Waals surface area (Å²) in [7, 11) is 0. The van der Waals surface area contributed by atoms with E-state index < -0.39 is 0 Å². The maximum atomic E-state index is 6.29. The molecule has 1 fully saturated rings. The van der Waals surface area contributed by atoms with Crippen LogP contribution in [-0.4, -0.2) is 30.8 Å². The van der Waals surface area contributed by atoms with E-state index in [0.29, 0.717) is 23.4 Å². The molecule has 0 spiro atoms. The van der Waals surface area contributed by atoms with Crippen LogP contribution in [0.2, 0.25) is 5.02 Å². The number of hydrogen-bond acceptors (Lipinski definition) is 4. The first-order chi connectivity index (χ1) is 9.74. The Balaban J connectivity index is 1.90. The van der Waals surface area contributed by atoms with Crippen LogP contribution in [-0.2, 0) is 0 Å². The van der Waals surface area contributed by atoms with Gasteiger partial charge in [0, 0.05) is 18.6 Å². The van der Waals surface area contributed by atoms with Gasteiger partial charge in [-0.15, -0.1) is 0 Å². The zero-order chi connectivity index (χ0) is 14.1. The van der Waals surface area contributed by atoms with Gasteiger partial charge in [-0.05, 0) is 43.5 Å². The van der Waals surface area contributed by atoms with Crippen LogP contribution in [0.1, 0.15) is 37.8 Å². The van der Waals surface area contributed by atoms with Gasteiger partial charge in [-0.1, -0.05) is 18.5 Å². The molecule has 0 saturated heterocycles. The summed E-state index contributed by atoms with van der Waals surface area (Å²) in [6.07, 6.45) is 3.68. The molecule has 0 amide bonds. The smallest absolute Gasteiger partial charge is 0.231 e. The third-order valence-electron chi connectivity index (χ3n) is 3.96. The van der Waals surface area contributed by atoms with Crippen LogP contribution in [0.5, 0.6) is 11.5 Å². The van der Waals surface area contributed by atoms with Gasteiger partial charge >= 0.3 is 0 Å². The van der Waals surface area contributed by atoms with Crippen molar-refractivity contribution >= 4 is 11.6 Å². The Bertz CT molecular complexity index is 491. The Labute approximate surface area is 124 Å². The molecule has 5 heteroatoms. The van der Waals surface area contributed by atoms with Crippen LogP contribution < -0.4 is 15.2 Å². The molecule has 0 bridgehead atoms. The van der Waals surface area contributed by atoms with Crippen LogP contribution in [0.25, 0.3) is 0 Å². The second-order valence-corrected chi connectivity index (χ2v) is 5.86. The van der Waals surface area contributed by atoms with Crippen molar-refractivity contribution in [2.75, 3.05) is 19.9 Å². The molecule has 1 saturated carbocycles. The van der Waals surface area contributed by atoms with Gasteiger partial charge in [-0.2, -0.15) is 0 Å². The number of benzene rings is 1. The average Bonchev–Trinajstić information content (AvgIpc) is 3.16. The van der Waals surface area contributed by atoms with Crippen molar-refractivity contribution in [3.05, 3.63) is 22.7 Å². The zero-order valence-corrected chi connectivity index (χ0v) is 12.5. The molecule has 1 aromatic carbocycles. The molecule has 4 nitrogen and oxygen atoms in total. The lowest BCUT2D eigenvalue weighted by Crippen LogP contribution is -2.36. The fourth-order valence-electron chi connectivity index (χ4n) is 2.90. The van der Waals surface area contributed by atoms with E-state index in [-0.39, 0.29) is 12.8 Å². The van der Waals surface area contributed by atoms with E-state index in [9.17, 15) is 0 Å². The van der Waals surface area contributed by atoms with Gasteiger partial charge in [0.05, 0.1) is 5.02 Å². The first-order valence-corrected chi connectivity index (χ1v) is 7.67. The van der Waals surface area contributed by atoms with E-state index in [1.54, 1.807) is 0 Å². The molecular weight excluding hydrogens is 276 g/mol. The molecule has 0 radical (unpaired) electrons. The quantitative estimate of drug-likeness (QED) is 0.877. The SMILES string of the molecule is CCCN(C1CC1)C(CN)c1cc(Cl)c2c(c1)OCO2. The molecule has 1 atom stereocenters. The van der Waals surface area contributed by atoms with Gasteiger partial charge in [0.2, 0.25) is 6.79 Å². The minimum Gasteiger partial charge on any atom is -0.454 e. The second-order valence-electron chi connectivity index (χ2n) is 5.46. The largest absolute Gasteiger partial charge is 0.454 e. The Morgan fingerprint density at radius 3 is 2.85 bits per heavy atom. The topological polar surface area (TPSA) is 47.7 Å². The minimum absolute atomic E-state index is 0.203. The molecule has 20 heavy (non-hydrogen) atoms. The lowest BCUT2D eigenvalue weighted by Gasteiger charge is -2.31. The first kappa shape index (κ1) is 14.0. The summed E-state index contributed by atoms with van der Waals surface area (Å²) in [5.74, 6) is 1.39. The van der Waals surface area contributed by atoms with Gasteiger partial charge in [0.25, 0.3) is 0 Å². The highest BCUT2D eigenvalue weighted by molar-refractivity contribution is 6.32. The van der Waals surface area contributed by atoms with Crippen molar-refractivity contribution in [1.82, 2.24) is 4.90 Å². The first-order valence-electron chi connectivity index (χ1n) is 7.29. The lowest BCUT2D eigenvalue weighted by atomic mass is 10.0. The molecule has 2 N–H and O–H groups in total. The van der Waals surface area contributed by atoms with E-state index in [0.717, 1.165) is 24.3 Å². The standard InChI is InChI=1S/C15H21ClN2O2/c1-2-5-18(11-3-4-11)13(8-17)10-6-12(16)15-14(7-10)19-9-20-15/h6-7,11,13H,2-5,8-9,17H2,1H3. The van der Waals surface area contributed by atoms with Crippen LogP contribution in [0, 0.1) is 0 Å². The highest BCUT2D eigenvalue weighted by Gasteiger charge is 2.34. The fourth-order valence-corrected chi connectivity index (χ4v) is 3.17. The molecule has 0 aromatic heterocycles. The molecular formula is C15H21ClN2O2. The highest BCUT2D eigenvalue weighted by atomic mass is 35.5. The molecule has 1 aromatic rings. The Kier molecular flexibility index (Phi) is 4.06. The van der Waals surface area contributed by atoms with Crippen LogP contribution >= 0.6 is 11.6 Å². The molecule has 110 valence electrons. The van der Waals surface area contributed by atoms with E-state index in [4.69, 9.17) is 26.8 Å². The average molecular weight is 297 g/mol. The van der Waals surface area contributed by atoms with E-state index in [1.807, 2.05) is 12.1 Å². The van der Waals surface area contributed by atoms with Crippen molar-refractivity contribution < 1.29 is 9.47 Å². The third-order valence-corrected chi connectivity index (χ3v) is 4.24. The lowest BCUT2D eigenvalue weighted by molar-refractivity contribution is 0.173. The fraction of sp³-hybridized carbons (Fsp3) is 0.600. The van der Waals surface area contributed by atoms with Gasteiger partial charge in [-0.3, -0.25) is 4.90 Å². The normalized spacial score (nSPS) is 18.6. The summed E-state index contributed by atoms with van der Waals surface area (Å²) in [6, 6.07) is 4.87. The van der Waals surface area contributed by atoms with Crippen molar-refractivity contribution in [1.29, 1.82) is 0 Å². The molecule has 1 aliphatic carbocycles. The van der Waals surface area contributed by atoms with Crippen LogP contribution in [0.15, 0.2) is 12.1 Å². The van der Waals surface area contributed by atoms with Gasteiger partial charge in [-0.25, -0.2) is 0 Å². The summed E-state index contributed by atoms with van der Waals surface area (Å²) < 4.78 is 10.8. The highest BCUT2D eigenvalue weighted by Crippen LogP contribution is 2.43. The third kappa shape index (κ3) is 2.60. The maximum Gasteiger partial charge on any atom is 0.231 e. The molecule has 3 rings (SSSR count). The summed E-state index contributed by atoms with van der Waals surface area (Å²) in [5.41, 5.74) is 7.17. The Morgan fingerprint density at radius 2 is 2.20 bits per heavy atom. The van der Waals surface area contributed by atoms with Crippen molar-refractivity contribution in [3.63, 3.8) is 0 Å². The Morgan fingerprint density at radius 1 is 1.40 bits per heavy atom. The molecule has 2 aliphatic rings. The summed E-state index contributed by atoms with van der Waals surface area (Å²) in [4.78, 5) is 2.51. The summed E-state index contributed by atoms with van der Waals surface area (Å²) >= 11 is 6.29. The van der Waals surface area contributed by atoms with Crippen LogP contribution in [0.4, 0.5) is 0 Å². The molecule has 1 heterocycles. The Hall–Kier alpha value is -0.970. The second kappa shape index (κ2) is 5.80. The van der Waals surface area contributed by atoms with Crippen LogP contribution in [0.3, 0.4) is 0 Å². The van der Waals surface area contributed by atoms with Gasteiger partial charge in [0.1, 0.15) is 0 Å². The number of ether oxygens (including phenoxy) is 2. The monoisotopic (exact) mass is 296 g/mol. The van der Waals surface area contributed by atoms with Gasteiger partial charge in [0.15, 0.2) is 11.5 Å². The maximum absolute atomic E-state index is 6.29. The van der Waals surface area contributed by atoms with Gasteiger partial charge < -0.3 is 15.2 Å². The number of nitrogens with zero attached hydrogens (tertiary/aromatic N) is 1. The zero-order valence-electron chi connectivity index (χ0n) is 11.8. The van der Waals surface area contributed by atoms with E-state index in [2.05, 4.69) is 11.8 Å². The van der Waals surface area contributed by atoms with Crippen molar-refractivity contribution in [2.45, 2.75) is 38.3 Å². The number of fused-ring (bicyclic) bond motifs is 1. The number of nitrogens with two attached hydrogens (primary N) is 1. The molecule has 1 aliphatic heterocycles.